The predicted octanol–water partition coefficient (Wildman–Crippen LogP) is 4.99. The molecule has 1 aliphatic heterocycles. The van der Waals surface area contributed by atoms with Crippen LogP contribution >= 0.6 is 23.4 Å². The van der Waals surface area contributed by atoms with Crippen molar-refractivity contribution < 1.29 is 14.6 Å². The van der Waals surface area contributed by atoms with Gasteiger partial charge >= 0.3 is 0 Å². The molecule has 0 aromatic heterocycles. The highest BCUT2D eigenvalue weighted by Crippen LogP contribution is 2.38. The number of benzene rings is 2. The van der Waals surface area contributed by atoms with E-state index in [1.807, 2.05) is 38.1 Å². The second kappa shape index (κ2) is 8.06. The topological polar surface area (TPSA) is 62.1 Å². The smallest absolute Gasteiger partial charge is 0.266 e. The van der Waals surface area contributed by atoms with E-state index >= 15 is 0 Å². The highest BCUT2D eigenvalue weighted by atomic mass is 35.5. The van der Waals surface area contributed by atoms with Crippen LogP contribution < -0.4 is 4.74 Å². The Morgan fingerprint density at radius 2 is 2.07 bits per heavy atom. The molecule has 7 heteroatoms. The van der Waals surface area contributed by atoms with Crippen molar-refractivity contribution in [1.29, 1.82) is 0 Å². The number of phenolic OH excluding ortho intramolecular Hbond substituents is 1. The average molecular weight is 403 g/mol. The van der Waals surface area contributed by atoms with E-state index in [0.717, 1.165) is 11.3 Å². The van der Waals surface area contributed by atoms with Gasteiger partial charge in [-0.15, -0.1) is 0 Å². The van der Waals surface area contributed by atoms with Gasteiger partial charge in [0.25, 0.3) is 5.91 Å². The summed E-state index contributed by atoms with van der Waals surface area (Å²) in [5.41, 5.74) is 2.53. The van der Waals surface area contributed by atoms with Gasteiger partial charge in [0.15, 0.2) is 16.7 Å². The predicted molar refractivity (Wildman–Crippen MR) is 111 cm³/mol. The number of para-hydroxylation sites is 1. The maximum Gasteiger partial charge on any atom is 0.266 e. The highest BCUT2D eigenvalue weighted by Gasteiger charge is 2.30. The zero-order valence-electron chi connectivity index (χ0n) is 15.2. The van der Waals surface area contributed by atoms with Crippen molar-refractivity contribution in [2.45, 2.75) is 13.8 Å². The summed E-state index contributed by atoms with van der Waals surface area (Å²) in [4.78, 5) is 19.3. The summed E-state index contributed by atoms with van der Waals surface area (Å²) in [6.45, 7) is 4.19. The fourth-order valence-corrected chi connectivity index (χ4v) is 3.74. The molecular formula is C20H19ClN2O3S. The van der Waals surface area contributed by atoms with E-state index in [9.17, 15) is 9.90 Å². The van der Waals surface area contributed by atoms with E-state index in [0.29, 0.717) is 22.2 Å². The van der Waals surface area contributed by atoms with E-state index in [2.05, 4.69) is 4.99 Å². The van der Waals surface area contributed by atoms with Crippen LogP contribution in [0.1, 0.15) is 18.1 Å². The van der Waals surface area contributed by atoms with Gasteiger partial charge in [-0.05, 0) is 61.0 Å². The summed E-state index contributed by atoms with van der Waals surface area (Å²) >= 11 is 7.37. The van der Waals surface area contributed by atoms with Crippen LogP contribution in [0.15, 0.2) is 46.3 Å². The molecule has 2 aromatic carbocycles. The van der Waals surface area contributed by atoms with E-state index in [4.69, 9.17) is 16.3 Å². The first-order valence-electron chi connectivity index (χ1n) is 8.38. The zero-order valence-corrected chi connectivity index (χ0v) is 16.8. The van der Waals surface area contributed by atoms with Gasteiger partial charge in [0.1, 0.15) is 0 Å². The number of amidine groups is 1. The molecule has 0 radical (unpaired) electrons. The quantitative estimate of drug-likeness (QED) is 0.732. The standard InChI is InChI=1S/C20H19ClN2O3S/c1-4-26-16-10-13(9-14(21)18(16)24)11-17-19(25)23(3)20(27-17)22-15-8-6-5-7-12(15)2/h5-11,24H,4H2,1-3H3/b17-11+,22-20?. The second-order valence-electron chi connectivity index (χ2n) is 5.94. The van der Waals surface area contributed by atoms with Gasteiger partial charge in [-0.25, -0.2) is 4.99 Å². The molecule has 0 saturated carbocycles. The molecule has 2 aromatic rings. The summed E-state index contributed by atoms with van der Waals surface area (Å²) in [5.74, 6) is 0.0360. The molecule has 1 saturated heterocycles. The van der Waals surface area contributed by atoms with Crippen LogP contribution in [0.3, 0.4) is 0 Å². The molecular weight excluding hydrogens is 384 g/mol. The number of thioether (sulfide) groups is 1. The summed E-state index contributed by atoms with van der Waals surface area (Å²) in [7, 11) is 1.70. The van der Waals surface area contributed by atoms with Gasteiger partial charge in [-0.3, -0.25) is 9.69 Å². The lowest BCUT2D eigenvalue weighted by molar-refractivity contribution is -0.121. The van der Waals surface area contributed by atoms with Crippen molar-refractivity contribution in [3.05, 3.63) is 57.5 Å². The molecule has 0 aliphatic carbocycles. The van der Waals surface area contributed by atoms with Crippen molar-refractivity contribution in [1.82, 2.24) is 4.90 Å². The Hall–Kier alpha value is -2.44. The number of nitrogens with zero attached hydrogens (tertiary/aromatic N) is 2. The maximum atomic E-state index is 12.6. The number of aliphatic imine (C=N–C) groups is 1. The number of hydrogen-bond donors (Lipinski definition) is 1. The van der Waals surface area contributed by atoms with Gasteiger partial charge in [-0.1, -0.05) is 29.8 Å². The Labute approximate surface area is 167 Å². The van der Waals surface area contributed by atoms with E-state index in [1.165, 1.54) is 16.7 Å². The molecule has 0 bridgehead atoms. The SMILES string of the molecule is CCOc1cc(/C=C2/SC(=Nc3ccccc3C)N(C)C2=O)cc(Cl)c1O. The Kier molecular flexibility index (Phi) is 5.77. The summed E-state index contributed by atoms with van der Waals surface area (Å²) in [6, 6.07) is 11.0. The average Bonchev–Trinajstić information content (AvgIpc) is 2.89. The first kappa shape index (κ1) is 19.3. The van der Waals surface area contributed by atoms with Gasteiger partial charge in [-0.2, -0.15) is 0 Å². The number of rotatable bonds is 4. The van der Waals surface area contributed by atoms with Gasteiger partial charge in [0.2, 0.25) is 0 Å². The summed E-state index contributed by atoms with van der Waals surface area (Å²) < 4.78 is 5.39. The normalized spacial score (nSPS) is 17.2. The van der Waals surface area contributed by atoms with Crippen molar-refractivity contribution in [3.8, 4) is 11.5 Å². The van der Waals surface area contributed by atoms with Gasteiger partial charge < -0.3 is 9.84 Å². The van der Waals surface area contributed by atoms with Gasteiger partial charge in [0, 0.05) is 7.05 Å². The third-order valence-corrected chi connectivity index (χ3v) is 5.33. The number of ether oxygens (including phenoxy) is 1. The second-order valence-corrected chi connectivity index (χ2v) is 7.35. The Morgan fingerprint density at radius 3 is 2.78 bits per heavy atom. The minimum absolute atomic E-state index is 0.106. The third-order valence-electron chi connectivity index (χ3n) is 3.98. The highest BCUT2D eigenvalue weighted by molar-refractivity contribution is 8.18. The van der Waals surface area contributed by atoms with Crippen molar-refractivity contribution in [2.24, 2.45) is 4.99 Å². The molecule has 140 valence electrons. The molecule has 3 rings (SSSR count). The van der Waals surface area contributed by atoms with Crippen molar-refractivity contribution >= 4 is 46.2 Å². The molecule has 0 spiro atoms. The van der Waals surface area contributed by atoms with E-state index < -0.39 is 0 Å². The molecule has 27 heavy (non-hydrogen) atoms. The van der Waals surface area contributed by atoms with Crippen LogP contribution in [0.4, 0.5) is 5.69 Å². The number of aryl methyl sites for hydroxylation is 1. The Bertz CT molecular complexity index is 956. The zero-order chi connectivity index (χ0) is 19.6. The minimum Gasteiger partial charge on any atom is -0.503 e. The lowest BCUT2D eigenvalue weighted by Crippen LogP contribution is -2.23. The largest absolute Gasteiger partial charge is 0.503 e. The van der Waals surface area contributed by atoms with Crippen molar-refractivity contribution in [2.75, 3.05) is 13.7 Å². The van der Waals surface area contributed by atoms with E-state index in [-0.39, 0.29) is 22.4 Å². The summed E-state index contributed by atoms with van der Waals surface area (Å²) in [6.07, 6.45) is 1.72. The van der Waals surface area contributed by atoms with Crippen LogP contribution in [0.25, 0.3) is 6.08 Å². The number of halogens is 1. The number of likely N-dealkylation sites (N-methyl/N-ethyl adjacent to an activating group) is 1. The fourth-order valence-electron chi connectivity index (χ4n) is 2.54. The molecule has 1 N–H and O–H groups in total. The molecule has 1 aliphatic rings. The van der Waals surface area contributed by atoms with Crippen LogP contribution in [-0.4, -0.2) is 34.7 Å². The first-order chi connectivity index (χ1) is 12.9. The lowest BCUT2D eigenvalue weighted by atomic mass is 10.2. The number of amides is 1. The van der Waals surface area contributed by atoms with Crippen LogP contribution in [0.2, 0.25) is 5.02 Å². The molecule has 1 amide bonds. The number of phenols is 1. The van der Waals surface area contributed by atoms with Crippen molar-refractivity contribution in [3.63, 3.8) is 0 Å². The maximum absolute atomic E-state index is 12.6. The Morgan fingerprint density at radius 1 is 1.33 bits per heavy atom. The van der Waals surface area contributed by atoms with Gasteiger partial charge in [0.05, 0.1) is 22.2 Å². The molecule has 1 fully saturated rings. The Balaban J connectivity index is 1.94. The lowest BCUT2D eigenvalue weighted by Gasteiger charge is -2.09. The molecule has 5 nitrogen and oxygen atoms in total. The molecule has 0 atom stereocenters. The fraction of sp³-hybridized carbons (Fsp3) is 0.200. The van der Waals surface area contributed by atoms with Crippen LogP contribution in [0, 0.1) is 6.92 Å². The third kappa shape index (κ3) is 4.12. The summed E-state index contributed by atoms with van der Waals surface area (Å²) in [5, 5.41) is 10.7. The first-order valence-corrected chi connectivity index (χ1v) is 9.57. The molecule has 1 heterocycles. The minimum atomic E-state index is -0.144. The van der Waals surface area contributed by atoms with Crippen LogP contribution in [0.5, 0.6) is 11.5 Å². The van der Waals surface area contributed by atoms with E-state index in [1.54, 1.807) is 25.3 Å². The monoisotopic (exact) mass is 402 g/mol. The number of hydrogen-bond acceptors (Lipinski definition) is 5. The number of carbonyl (C=O) groups excluding carboxylic acids is 1. The number of aromatic hydroxyl groups is 1. The number of carbonyl (C=O) groups is 1. The molecule has 0 unspecified atom stereocenters. The van der Waals surface area contributed by atoms with Crippen LogP contribution in [-0.2, 0) is 4.79 Å².